The number of rotatable bonds is 2. The van der Waals surface area contributed by atoms with Gasteiger partial charge in [0.05, 0.1) is 6.10 Å². The van der Waals surface area contributed by atoms with Gasteiger partial charge in [-0.3, -0.25) is 0 Å². The number of ether oxygens (including phenoxy) is 1. The van der Waals surface area contributed by atoms with Crippen molar-refractivity contribution in [3.63, 3.8) is 0 Å². The predicted molar refractivity (Wildman–Crippen MR) is 48.8 cm³/mol. The Morgan fingerprint density at radius 2 is 2.25 bits per heavy atom. The molecule has 1 aliphatic carbocycles. The van der Waals surface area contributed by atoms with Gasteiger partial charge in [0.2, 0.25) is 0 Å². The molecule has 70 valence electrons. The largest absolute Gasteiger partial charge is 0.378 e. The molecule has 1 aliphatic heterocycles. The summed E-state index contributed by atoms with van der Waals surface area (Å²) in [7, 11) is 0. The molecule has 2 N–H and O–H groups in total. The van der Waals surface area contributed by atoms with Gasteiger partial charge in [-0.25, -0.2) is 0 Å². The molecule has 0 amide bonds. The van der Waals surface area contributed by atoms with Crippen LogP contribution in [0.2, 0.25) is 0 Å². The molecule has 2 rings (SSSR count). The highest BCUT2D eigenvalue weighted by Crippen LogP contribution is 2.61. The van der Waals surface area contributed by atoms with Crippen LogP contribution in [-0.2, 0) is 4.74 Å². The van der Waals surface area contributed by atoms with Crippen LogP contribution in [0.15, 0.2) is 0 Å². The lowest BCUT2D eigenvalue weighted by atomic mass is 10.0. The fourth-order valence-electron chi connectivity index (χ4n) is 2.86. The predicted octanol–water partition coefficient (Wildman–Crippen LogP) is 1.40. The molecule has 1 saturated heterocycles. The van der Waals surface area contributed by atoms with Crippen LogP contribution in [0.5, 0.6) is 0 Å². The Morgan fingerprint density at radius 1 is 1.50 bits per heavy atom. The van der Waals surface area contributed by atoms with E-state index in [2.05, 4.69) is 13.8 Å². The summed E-state index contributed by atoms with van der Waals surface area (Å²) in [5.41, 5.74) is 6.16. The zero-order valence-corrected chi connectivity index (χ0v) is 8.05. The monoisotopic (exact) mass is 169 g/mol. The van der Waals surface area contributed by atoms with Crippen LogP contribution in [-0.4, -0.2) is 19.3 Å². The molecule has 0 aromatic heterocycles. The van der Waals surface area contributed by atoms with Gasteiger partial charge >= 0.3 is 0 Å². The smallest absolute Gasteiger partial charge is 0.0612 e. The van der Waals surface area contributed by atoms with Gasteiger partial charge in [-0.05, 0) is 36.6 Å². The molecule has 2 fully saturated rings. The lowest BCUT2D eigenvalue weighted by molar-refractivity contribution is 0.0821. The third-order valence-corrected chi connectivity index (χ3v) is 3.76. The minimum atomic E-state index is 0.448. The molecule has 1 heterocycles. The van der Waals surface area contributed by atoms with Crippen LogP contribution in [0.25, 0.3) is 0 Å². The fourth-order valence-corrected chi connectivity index (χ4v) is 2.86. The van der Waals surface area contributed by atoms with Crippen LogP contribution in [0.4, 0.5) is 0 Å². The second-order valence-electron chi connectivity index (χ2n) is 4.74. The Bertz CT molecular complexity index is 173. The molecule has 0 radical (unpaired) electrons. The first-order chi connectivity index (χ1) is 5.68. The SMILES string of the molecule is CC1(C)C(CN)C1C1CCCO1. The summed E-state index contributed by atoms with van der Waals surface area (Å²) < 4.78 is 5.69. The van der Waals surface area contributed by atoms with Crippen molar-refractivity contribution in [1.82, 2.24) is 0 Å². The average molecular weight is 169 g/mol. The van der Waals surface area contributed by atoms with E-state index in [1.165, 1.54) is 12.8 Å². The van der Waals surface area contributed by atoms with Crippen LogP contribution in [0, 0.1) is 17.3 Å². The molecule has 3 atom stereocenters. The first kappa shape index (κ1) is 8.52. The quantitative estimate of drug-likeness (QED) is 0.678. The highest BCUT2D eigenvalue weighted by Gasteiger charge is 2.60. The van der Waals surface area contributed by atoms with Crippen LogP contribution in [0.3, 0.4) is 0 Å². The summed E-state index contributed by atoms with van der Waals surface area (Å²) >= 11 is 0. The first-order valence-electron chi connectivity index (χ1n) is 4.99. The highest BCUT2D eigenvalue weighted by atomic mass is 16.5. The Morgan fingerprint density at radius 3 is 2.67 bits per heavy atom. The van der Waals surface area contributed by atoms with Crippen molar-refractivity contribution in [2.45, 2.75) is 32.8 Å². The third-order valence-electron chi connectivity index (χ3n) is 3.76. The van der Waals surface area contributed by atoms with E-state index in [4.69, 9.17) is 10.5 Å². The fraction of sp³-hybridized carbons (Fsp3) is 1.00. The van der Waals surface area contributed by atoms with Crippen molar-refractivity contribution < 1.29 is 4.74 Å². The summed E-state index contributed by atoms with van der Waals surface area (Å²) in [5, 5.41) is 0. The van der Waals surface area contributed by atoms with Crippen molar-refractivity contribution >= 4 is 0 Å². The van der Waals surface area contributed by atoms with Gasteiger partial charge in [-0.1, -0.05) is 13.8 Å². The molecule has 2 aliphatic rings. The summed E-state index contributed by atoms with van der Waals surface area (Å²) in [5.74, 6) is 1.45. The van der Waals surface area contributed by atoms with Crippen molar-refractivity contribution in [1.29, 1.82) is 0 Å². The van der Waals surface area contributed by atoms with E-state index in [1.807, 2.05) is 0 Å². The summed E-state index contributed by atoms with van der Waals surface area (Å²) in [4.78, 5) is 0. The minimum absolute atomic E-state index is 0.448. The van der Waals surface area contributed by atoms with Gasteiger partial charge < -0.3 is 10.5 Å². The Labute approximate surface area is 74.5 Å². The van der Waals surface area contributed by atoms with Crippen molar-refractivity contribution in [3.8, 4) is 0 Å². The molecular formula is C10H19NO. The maximum absolute atomic E-state index is 5.71. The van der Waals surface area contributed by atoms with Gasteiger partial charge in [0, 0.05) is 6.61 Å². The van der Waals surface area contributed by atoms with Gasteiger partial charge in [0.15, 0.2) is 0 Å². The molecule has 0 aromatic carbocycles. The highest BCUT2D eigenvalue weighted by molar-refractivity contribution is 5.09. The van der Waals surface area contributed by atoms with E-state index in [9.17, 15) is 0 Å². The molecule has 2 heteroatoms. The number of hydrogen-bond donors (Lipinski definition) is 1. The molecule has 0 aromatic rings. The van der Waals surface area contributed by atoms with Crippen LogP contribution in [0.1, 0.15) is 26.7 Å². The molecule has 1 saturated carbocycles. The number of nitrogens with two attached hydrogens (primary N) is 1. The Kier molecular flexibility index (Phi) is 1.92. The third kappa shape index (κ3) is 1.09. The van der Waals surface area contributed by atoms with Crippen LogP contribution < -0.4 is 5.73 Å². The van der Waals surface area contributed by atoms with Gasteiger partial charge in [-0.15, -0.1) is 0 Å². The minimum Gasteiger partial charge on any atom is -0.378 e. The standard InChI is InChI=1S/C10H19NO/c1-10(2)7(6-11)9(10)8-4-3-5-12-8/h7-9H,3-6,11H2,1-2H3. The second-order valence-corrected chi connectivity index (χ2v) is 4.74. The molecule has 3 unspecified atom stereocenters. The first-order valence-corrected chi connectivity index (χ1v) is 4.99. The van der Waals surface area contributed by atoms with E-state index < -0.39 is 0 Å². The van der Waals surface area contributed by atoms with E-state index in [-0.39, 0.29) is 0 Å². The molecule has 2 nitrogen and oxygen atoms in total. The summed E-state index contributed by atoms with van der Waals surface area (Å²) in [6.45, 7) is 6.43. The topological polar surface area (TPSA) is 35.2 Å². The van der Waals surface area contributed by atoms with Crippen molar-refractivity contribution in [2.75, 3.05) is 13.2 Å². The summed E-state index contributed by atoms with van der Waals surface area (Å²) in [6, 6.07) is 0. The lowest BCUT2D eigenvalue weighted by Crippen LogP contribution is -2.13. The molecule has 12 heavy (non-hydrogen) atoms. The van der Waals surface area contributed by atoms with Crippen molar-refractivity contribution in [3.05, 3.63) is 0 Å². The summed E-state index contributed by atoms with van der Waals surface area (Å²) in [6.07, 6.45) is 3.02. The number of hydrogen-bond acceptors (Lipinski definition) is 2. The molecule has 0 spiro atoms. The van der Waals surface area contributed by atoms with Crippen LogP contribution >= 0.6 is 0 Å². The molecule has 0 bridgehead atoms. The zero-order valence-electron chi connectivity index (χ0n) is 8.05. The maximum Gasteiger partial charge on any atom is 0.0612 e. The van der Waals surface area contributed by atoms with Crippen molar-refractivity contribution in [2.24, 2.45) is 23.0 Å². The maximum atomic E-state index is 5.71. The average Bonchev–Trinajstić information content (AvgIpc) is 2.50. The Balaban J connectivity index is 1.97. The van der Waals surface area contributed by atoms with Gasteiger partial charge in [0.25, 0.3) is 0 Å². The van der Waals surface area contributed by atoms with E-state index >= 15 is 0 Å². The van der Waals surface area contributed by atoms with E-state index in [0.717, 1.165) is 19.1 Å². The van der Waals surface area contributed by atoms with Gasteiger partial charge in [-0.2, -0.15) is 0 Å². The molecular weight excluding hydrogens is 150 g/mol. The van der Waals surface area contributed by atoms with E-state index in [1.54, 1.807) is 0 Å². The Hall–Kier alpha value is -0.0800. The zero-order chi connectivity index (χ0) is 8.77. The second kappa shape index (κ2) is 2.71. The normalized spacial score (nSPS) is 44.8. The van der Waals surface area contributed by atoms with Gasteiger partial charge in [0.1, 0.15) is 0 Å². The lowest BCUT2D eigenvalue weighted by Gasteiger charge is -2.09. The van der Waals surface area contributed by atoms with E-state index in [0.29, 0.717) is 17.4 Å².